The Hall–Kier alpha value is -0.980. The molecule has 0 unspecified atom stereocenters. The monoisotopic (exact) mass is 296 g/mol. The largest absolute Gasteiger partial charge is 0.348 e. The van der Waals surface area contributed by atoms with Crippen molar-refractivity contribution in [2.24, 2.45) is 0 Å². The molecule has 6 heteroatoms. The lowest BCUT2D eigenvalue weighted by Crippen LogP contribution is -2.46. The summed E-state index contributed by atoms with van der Waals surface area (Å²) < 4.78 is 0. The topological polar surface area (TPSA) is 48.5 Å². The predicted octanol–water partition coefficient (Wildman–Crippen LogP) is 0.828. The number of likely N-dealkylation sites (N-methyl/N-ethyl adjacent to an activating group) is 1. The Bertz CT molecular complexity index is 399. The second-order valence-corrected chi connectivity index (χ2v) is 6.24. The van der Waals surface area contributed by atoms with Crippen molar-refractivity contribution in [1.82, 2.24) is 20.1 Å². The number of aromatic nitrogens is 1. The first kappa shape index (κ1) is 15.4. The Balaban J connectivity index is 1.60. The van der Waals surface area contributed by atoms with Crippen LogP contribution in [0.4, 0.5) is 0 Å². The molecule has 2 heterocycles. The molecule has 1 aromatic heterocycles. The molecular weight excluding hydrogens is 272 g/mol. The molecule has 1 amide bonds. The highest BCUT2D eigenvalue weighted by molar-refractivity contribution is 7.07. The van der Waals surface area contributed by atoms with Crippen molar-refractivity contribution < 1.29 is 4.79 Å². The lowest BCUT2D eigenvalue weighted by molar-refractivity contribution is -0.130. The molecule has 1 saturated heterocycles. The van der Waals surface area contributed by atoms with E-state index in [4.69, 9.17) is 0 Å². The van der Waals surface area contributed by atoms with E-state index in [0.717, 1.165) is 38.9 Å². The standard InChI is InChI=1S/C14H24N4OS/c1-17(2)14(19)9-18-7-4-12(5-8-18)15-6-3-13-10-20-11-16-13/h10-12,15H,3-9H2,1-2H3. The number of nitrogens with one attached hydrogen (secondary N) is 1. The van der Waals surface area contributed by atoms with Crippen molar-refractivity contribution >= 4 is 17.2 Å². The minimum atomic E-state index is 0.194. The van der Waals surface area contributed by atoms with Gasteiger partial charge >= 0.3 is 0 Å². The van der Waals surface area contributed by atoms with Gasteiger partial charge in [0.05, 0.1) is 17.7 Å². The van der Waals surface area contributed by atoms with Crippen LogP contribution in [0.25, 0.3) is 0 Å². The predicted molar refractivity (Wildman–Crippen MR) is 82.0 cm³/mol. The van der Waals surface area contributed by atoms with Gasteiger partial charge in [-0.05, 0) is 12.8 Å². The van der Waals surface area contributed by atoms with E-state index in [0.29, 0.717) is 12.6 Å². The molecule has 20 heavy (non-hydrogen) atoms. The highest BCUT2D eigenvalue weighted by Gasteiger charge is 2.20. The van der Waals surface area contributed by atoms with Crippen molar-refractivity contribution in [3.63, 3.8) is 0 Å². The van der Waals surface area contributed by atoms with Crippen LogP contribution in [-0.4, -0.2) is 67.0 Å². The maximum absolute atomic E-state index is 11.7. The van der Waals surface area contributed by atoms with Gasteiger partial charge in [0.15, 0.2) is 0 Å². The Morgan fingerprint density at radius 2 is 2.25 bits per heavy atom. The Morgan fingerprint density at radius 3 is 2.85 bits per heavy atom. The normalized spacial score (nSPS) is 17.3. The highest BCUT2D eigenvalue weighted by atomic mass is 32.1. The van der Waals surface area contributed by atoms with Crippen molar-refractivity contribution in [1.29, 1.82) is 0 Å². The van der Waals surface area contributed by atoms with Gasteiger partial charge in [0.1, 0.15) is 0 Å². The first-order chi connectivity index (χ1) is 9.65. The molecule has 0 atom stereocenters. The van der Waals surface area contributed by atoms with Crippen molar-refractivity contribution in [2.45, 2.75) is 25.3 Å². The van der Waals surface area contributed by atoms with Gasteiger partial charge in [-0.2, -0.15) is 0 Å². The average Bonchev–Trinajstić information content (AvgIpc) is 2.94. The summed E-state index contributed by atoms with van der Waals surface area (Å²) in [5.74, 6) is 0.194. The number of carbonyl (C=O) groups is 1. The van der Waals surface area contributed by atoms with Gasteiger partial charge in [0.25, 0.3) is 0 Å². The third kappa shape index (κ3) is 4.85. The second-order valence-electron chi connectivity index (χ2n) is 5.52. The van der Waals surface area contributed by atoms with Gasteiger partial charge in [0.2, 0.25) is 5.91 Å². The van der Waals surface area contributed by atoms with Crippen LogP contribution in [0.15, 0.2) is 10.9 Å². The van der Waals surface area contributed by atoms with E-state index in [1.54, 1.807) is 16.2 Å². The van der Waals surface area contributed by atoms with Crippen LogP contribution in [0.5, 0.6) is 0 Å². The molecule has 1 aromatic rings. The lowest BCUT2D eigenvalue weighted by Gasteiger charge is -2.32. The molecule has 0 spiro atoms. The van der Waals surface area contributed by atoms with E-state index in [-0.39, 0.29) is 5.91 Å². The number of hydrogen-bond acceptors (Lipinski definition) is 5. The number of likely N-dealkylation sites (tertiary alicyclic amines) is 1. The molecule has 1 aliphatic rings. The lowest BCUT2D eigenvalue weighted by atomic mass is 10.0. The van der Waals surface area contributed by atoms with E-state index >= 15 is 0 Å². The molecule has 1 aliphatic heterocycles. The average molecular weight is 296 g/mol. The van der Waals surface area contributed by atoms with Crippen LogP contribution in [0.2, 0.25) is 0 Å². The molecule has 0 radical (unpaired) electrons. The minimum Gasteiger partial charge on any atom is -0.348 e. The summed E-state index contributed by atoms with van der Waals surface area (Å²) in [6, 6.07) is 0.583. The molecular formula is C14H24N4OS. The highest BCUT2D eigenvalue weighted by Crippen LogP contribution is 2.10. The molecule has 2 rings (SSSR count). The maximum atomic E-state index is 11.7. The van der Waals surface area contributed by atoms with Gasteiger partial charge in [-0.1, -0.05) is 0 Å². The van der Waals surface area contributed by atoms with Gasteiger partial charge in [-0.25, -0.2) is 4.98 Å². The fourth-order valence-corrected chi connectivity index (χ4v) is 2.99. The van der Waals surface area contributed by atoms with E-state index in [1.807, 2.05) is 19.6 Å². The Labute approximate surface area is 125 Å². The van der Waals surface area contributed by atoms with Gasteiger partial charge in [0, 0.05) is 51.6 Å². The number of rotatable bonds is 6. The van der Waals surface area contributed by atoms with Crippen LogP contribution >= 0.6 is 11.3 Å². The summed E-state index contributed by atoms with van der Waals surface area (Å²) in [5.41, 5.74) is 3.06. The van der Waals surface area contributed by atoms with Crippen LogP contribution in [0.1, 0.15) is 18.5 Å². The van der Waals surface area contributed by atoms with Crippen LogP contribution in [-0.2, 0) is 11.2 Å². The molecule has 5 nitrogen and oxygen atoms in total. The fourth-order valence-electron chi connectivity index (χ4n) is 2.39. The van der Waals surface area contributed by atoms with Gasteiger partial charge < -0.3 is 10.2 Å². The zero-order valence-electron chi connectivity index (χ0n) is 12.3. The zero-order chi connectivity index (χ0) is 14.4. The zero-order valence-corrected chi connectivity index (χ0v) is 13.2. The third-order valence-corrected chi connectivity index (χ3v) is 4.38. The molecule has 0 saturated carbocycles. The van der Waals surface area contributed by atoms with Crippen molar-refractivity contribution in [3.8, 4) is 0 Å². The maximum Gasteiger partial charge on any atom is 0.236 e. The second kappa shape index (κ2) is 7.71. The molecule has 112 valence electrons. The summed E-state index contributed by atoms with van der Waals surface area (Å²) >= 11 is 1.65. The van der Waals surface area contributed by atoms with E-state index in [9.17, 15) is 4.79 Å². The van der Waals surface area contributed by atoms with Crippen molar-refractivity contribution in [2.75, 3.05) is 40.3 Å². The Morgan fingerprint density at radius 1 is 1.50 bits per heavy atom. The van der Waals surface area contributed by atoms with Crippen LogP contribution < -0.4 is 5.32 Å². The van der Waals surface area contributed by atoms with Gasteiger partial charge in [-0.3, -0.25) is 9.69 Å². The number of piperidine rings is 1. The third-order valence-electron chi connectivity index (χ3n) is 3.74. The smallest absolute Gasteiger partial charge is 0.236 e. The van der Waals surface area contributed by atoms with E-state index in [1.165, 1.54) is 5.69 Å². The summed E-state index contributed by atoms with van der Waals surface area (Å²) in [6.45, 7) is 3.56. The van der Waals surface area contributed by atoms with Crippen LogP contribution in [0.3, 0.4) is 0 Å². The first-order valence-corrected chi connectivity index (χ1v) is 8.12. The molecule has 0 bridgehead atoms. The number of nitrogens with zero attached hydrogens (tertiary/aromatic N) is 3. The summed E-state index contributed by atoms with van der Waals surface area (Å²) in [6.07, 6.45) is 3.25. The number of hydrogen-bond donors (Lipinski definition) is 1. The van der Waals surface area contributed by atoms with Crippen molar-refractivity contribution in [3.05, 3.63) is 16.6 Å². The molecule has 0 aliphatic carbocycles. The van der Waals surface area contributed by atoms with E-state index in [2.05, 4.69) is 20.6 Å². The van der Waals surface area contributed by atoms with Crippen LogP contribution in [0, 0.1) is 0 Å². The fraction of sp³-hybridized carbons (Fsp3) is 0.714. The minimum absolute atomic E-state index is 0.194. The number of thiazole rings is 1. The van der Waals surface area contributed by atoms with E-state index < -0.39 is 0 Å². The first-order valence-electron chi connectivity index (χ1n) is 7.18. The number of amides is 1. The SMILES string of the molecule is CN(C)C(=O)CN1CCC(NCCc2cscn2)CC1. The molecule has 1 fully saturated rings. The quantitative estimate of drug-likeness (QED) is 0.845. The molecule has 1 N–H and O–H groups in total. The summed E-state index contributed by atoms with van der Waals surface area (Å²) in [4.78, 5) is 19.9. The Kier molecular flexibility index (Phi) is 5.94. The summed E-state index contributed by atoms with van der Waals surface area (Å²) in [5, 5.41) is 5.71. The van der Waals surface area contributed by atoms with Gasteiger partial charge in [-0.15, -0.1) is 11.3 Å². The summed E-state index contributed by atoms with van der Waals surface area (Å²) in [7, 11) is 3.63. The molecule has 0 aromatic carbocycles. The number of carbonyl (C=O) groups excluding carboxylic acids is 1.